The summed E-state index contributed by atoms with van der Waals surface area (Å²) in [5, 5.41) is 3.86. The van der Waals surface area contributed by atoms with Gasteiger partial charge in [0.15, 0.2) is 5.76 Å². The number of nitrogens with one attached hydrogen (secondary N) is 1. The molecule has 1 amide bonds. The monoisotopic (exact) mass is 357 g/mol. The van der Waals surface area contributed by atoms with Crippen molar-refractivity contribution in [1.82, 2.24) is 0 Å². The second-order valence-corrected chi connectivity index (χ2v) is 6.12. The number of hydrogen-bond donors (Lipinski definition) is 1. The van der Waals surface area contributed by atoms with Crippen molar-refractivity contribution in [2.24, 2.45) is 0 Å². The number of carbonyl (C=O) groups is 1. The van der Waals surface area contributed by atoms with Crippen molar-refractivity contribution in [1.29, 1.82) is 0 Å². The summed E-state index contributed by atoms with van der Waals surface area (Å²) in [6.07, 6.45) is 0.959. The summed E-state index contributed by atoms with van der Waals surface area (Å²) in [5.41, 5.74) is 3.59. The Morgan fingerprint density at radius 1 is 1.18 bits per heavy atom. The highest BCUT2D eigenvalue weighted by Gasteiger charge is 2.17. The van der Waals surface area contributed by atoms with Crippen molar-refractivity contribution in [2.75, 3.05) is 5.32 Å². The molecule has 0 aliphatic heterocycles. The normalized spacial score (nSPS) is 10.9. The van der Waals surface area contributed by atoms with Crippen LogP contribution in [0.3, 0.4) is 0 Å². The summed E-state index contributed by atoms with van der Waals surface area (Å²) in [6, 6.07) is 13.5. The van der Waals surface area contributed by atoms with Crippen molar-refractivity contribution >= 4 is 38.5 Å². The molecule has 3 rings (SSSR count). The van der Waals surface area contributed by atoms with Gasteiger partial charge in [-0.2, -0.15) is 0 Å². The lowest BCUT2D eigenvalue weighted by Gasteiger charge is -2.03. The summed E-state index contributed by atoms with van der Waals surface area (Å²) in [7, 11) is 0. The third kappa shape index (κ3) is 2.79. The van der Waals surface area contributed by atoms with Crippen LogP contribution in [-0.4, -0.2) is 5.91 Å². The molecule has 2 aromatic carbocycles. The van der Waals surface area contributed by atoms with Crippen LogP contribution < -0.4 is 5.32 Å². The Morgan fingerprint density at radius 3 is 2.59 bits per heavy atom. The van der Waals surface area contributed by atoms with Crippen molar-refractivity contribution in [3.8, 4) is 0 Å². The lowest BCUT2D eigenvalue weighted by molar-refractivity contribution is 0.0998. The Kier molecular flexibility index (Phi) is 4.03. The van der Waals surface area contributed by atoms with E-state index in [-0.39, 0.29) is 5.91 Å². The van der Waals surface area contributed by atoms with Gasteiger partial charge >= 0.3 is 0 Å². The summed E-state index contributed by atoms with van der Waals surface area (Å²) in [6.45, 7) is 4.03. The minimum atomic E-state index is -0.228. The van der Waals surface area contributed by atoms with E-state index in [0.717, 1.165) is 33.1 Å². The number of hydrogen-bond acceptors (Lipinski definition) is 2. The highest BCUT2D eigenvalue weighted by atomic mass is 79.9. The zero-order chi connectivity index (χ0) is 15.7. The molecule has 0 saturated carbocycles. The van der Waals surface area contributed by atoms with E-state index in [2.05, 4.69) is 34.2 Å². The first-order valence-electron chi connectivity index (χ1n) is 7.17. The van der Waals surface area contributed by atoms with Crippen molar-refractivity contribution < 1.29 is 9.21 Å². The van der Waals surface area contributed by atoms with Crippen LogP contribution >= 0.6 is 15.9 Å². The number of rotatable bonds is 3. The number of halogens is 1. The van der Waals surface area contributed by atoms with Gasteiger partial charge in [0.1, 0.15) is 5.58 Å². The maximum atomic E-state index is 12.4. The molecule has 0 bridgehead atoms. The fourth-order valence-electron chi connectivity index (χ4n) is 2.43. The van der Waals surface area contributed by atoms with E-state index in [1.807, 2.05) is 43.3 Å². The van der Waals surface area contributed by atoms with Gasteiger partial charge in [0.05, 0.1) is 0 Å². The minimum Gasteiger partial charge on any atom is -0.451 e. The molecule has 4 heteroatoms. The van der Waals surface area contributed by atoms with Crippen molar-refractivity contribution in [3.63, 3.8) is 0 Å². The molecule has 3 nitrogen and oxygen atoms in total. The lowest BCUT2D eigenvalue weighted by atomic mass is 10.1. The van der Waals surface area contributed by atoms with E-state index >= 15 is 0 Å². The van der Waals surface area contributed by atoms with Gasteiger partial charge in [0, 0.05) is 21.1 Å². The lowest BCUT2D eigenvalue weighted by Crippen LogP contribution is -2.11. The number of amides is 1. The first-order chi connectivity index (χ1) is 10.6. The number of anilines is 1. The van der Waals surface area contributed by atoms with Crippen LogP contribution in [0.25, 0.3) is 11.0 Å². The molecular weight excluding hydrogens is 342 g/mol. The fourth-order valence-corrected chi connectivity index (χ4v) is 2.69. The molecule has 22 heavy (non-hydrogen) atoms. The molecule has 3 aromatic rings. The minimum absolute atomic E-state index is 0.228. The average Bonchev–Trinajstić information content (AvgIpc) is 2.86. The third-order valence-corrected chi connectivity index (χ3v) is 4.25. The highest BCUT2D eigenvalue weighted by Crippen LogP contribution is 2.27. The Morgan fingerprint density at radius 2 is 1.91 bits per heavy atom. The van der Waals surface area contributed by atoms with E-state index < -0.39 is 0 Å². The summed E-state index contributed by atoms with van der Waals surface area (Å²) < 4.78 is 6.70. The molecule has 0 spiro atoms. The largest absolute Gasteiger partial charge is 0.451 e. The van der Waals surface area contributed by atoms with Gasteiger partial charge in [-0.3, -0.25) is 4.79 Å². The Hall–Kier alpha value is -2.07. The van der Waals surface area contributed by atoms with Crippen molar-refractivity contribution in [3.05, 3.63) is 63.8 Å². The summed E-state index contributed by atoms with van der Waals surface area (Å²) in [4.78, 5) is 12.4. The second kappa shape index (κ2) is 5.97. The molecule has 0 atom stereocenters. The number of benzene rings is 2. The predicted octanol–water partition coefficient (Wildman–Crippen LogP) is 5.32. The molecule has 112 valence electrons. The quantitative estimate of drug-likeness (QED) is 0.689. The molecule has 0 aliphatic carbocycles. The zero-order valence-electron chi connectivity index (χ0n) is 12.4. The number of aryl methyl sites for hydroxylation is 2. The van der Waals surface area contributed by atoms with E-state index in [4.69, 9.17) is 4.42 Å². The highest BCUT2D eigenvalue weighted by molar-refractivity contribution is 9.10. The van der Waals surface area contributed by atoms with Gasteiger partial charge < -0.3 is 9.73 Å². The summed E-state index contributed by atoms with van der Waals surface area (Å²) in [5.74, 6) is 0.139. The summed E-state index contributed by atoms with van der Waals surface area (Å²) >= 11 is 3.37. The van der Waals surface area contributed by atoms with Gasteiger partial charge in [-0.15, -0.1) is 0 Å². The van der Waals surface area contributed by atoms with Gasteiger partial charge in [0.25, 0.3) is 5.91 Å². The van der Waals surface area contributed by atoms with E-state index in [1.54, 1.807) is 0 Å². The first kappa shape index (κ1) is 14.9. The van der Waals surface area contributed by atoms with Crippen LogP contribution in [0.4, 0.5) is 5.69 Å². The SMILES string of the molecule is CCc1ccc2oc(C(=O)Nc3ccc(Br)cc3)c(C)c2c1. The Bertz CT molecular complexity index is 834. The van der Waals surface area contributed by atoms with E-state index in [0.29, 0.717) is 5.76 Å². The molecule has 0 fully saturated rings. The molecular formula is C18H16BrNO2. The Labute approximate surface area is 137 Å². The second-order valence-electron chi connectivity index (χ2n) is 5.20. The third-order valence-electron chi connectivity index (χ3n) is 3.72. The zero-order valence-corrected chi connectivity index (χ0v) is 14.0. The molecule has 0 unspecified atom stereocenters. The topological polar surface area (TPSA) is 42.2 Å². The number of fused-ring (bicyclic) bond motifs is 1. The number of carbonyl (C=O) groups excluding carboxylic acids is 1. The van der Waals surface area contributed by atoms with Crippen LogP contribution in [0.5, 0.6) is 0 Å². The molecule has 1 aromatic heterocycles. The van der Waals surface area contributed by atoms with Crippen LogP contribution in [0.2, 0.25) is 0 Å². The maximum Gasteiger partial charge on any atom is 0.291 e. The van der Waals surface area contributed by atoms with Crippen LogP contribution in [0.15, 0.2) is 51.4 Å². The molecule has 0 radical (unpaired) electrons. The smallest absolute Gasteiger partial charge is 0.291 e. The molecule has 0 aliphatic rings. The average molecular weight is 358 g/mol. The predicted molar refractivity (Wildman–Crippen MR) is 92.4 cm³/mol. The maximum absolute atomic E-state index is 12.4. The van der Waals surface area contributed by atoms with Crippen LogP contribution in [-0.2, 0) is 6.42 Å². The van der Waals surface area contributed by atoms with Gasteiger partial charge in [-0.25, -0.2) is 0 Å². The molecule has 1 N–H and O–H groups in total. The van der Waals surface area contributed by atoms with Crippen LogP contribution in [0.1, 0.15) is 28.6 Å². The van der Waals surface area contributed by atoms with Crippen molar-refractivity contribution in [2.45, 2.75) is 20.3 Å². The first-order valence-corrected chi connectivity index (χ1v) is 7.96. The van der Waals surface area contributed by atoms with Gasteiger partial charge in [0.2, 0.25) is 0 Å². The molecule has 0 saturated heterocycles. The van der Waals surface area contributed by atoms with Crippen LogP contribution in [0, 0.1) is 6.92 Å². The Balaban J connectivity index is 1.93. The standard InChI is InChI=1S/C18H16BrNO2/c1-3-12-4-9-16-15(10-12)11(2)17(22-16)18(21)20-14-7-5-13(19)6-8-14/h4-10H,3H2,1-2H3,(H,20,21). The van der Waals surface area contributed by atoms with E-state index in [9.17, 15) is 4.79 Å². The van der Waals surface area contributed by atoms with Gasteiger partial charge in [-0.05, 0) is 55.3 Å². The molecule has 1 heterocycles. The van der Waals surface area contributed by atoms with Gasteiger partial charge in [-0.1, -0.05) is 28.9 Å². The fraction of sp³-hybridized carbons (Fsp3) is 0.167. The number of furan rings is 1. The van der Waals surface area contributed by atoms with E-state index in [1.165, 1.54) is 5.56 Å².